The summed E-state index contributed by atoms with van der Waals surface area (Å²) in [5.74, 6) is -0.745. The highest BCUT2D eigenvalue weighted by atomic mass is 16.6. The number of carbonyl (C=O) groups is 2. The lowest BCUT2D eigenvalue weighted by molar-refractivity contribution is -0.385. The van der Waals surface area contributed by atoms with Crippen LogP contribution in [0.25, 0.3) is 0 Å². The van der Waals surface area contributed by atoms with Gasteiger partial charge in [-0.15, -0.1) is 0 Å². The number of ketones is 1. The van der Waals surface area contributed by atoms with E-state index in [1.165, 1.54) is 35.8 Å². The number of rotatable bonds is 5. The van der Waals surface area contributed by atoms with Crippen LogP contribution < -0.4 is 0 Å². The van der Waals surface area contributed by atoms with Gasteiger partial charge in [-0.1, -0.05) is 12.1 Å². The number of nitrogens with zero attached hydrogens (tertiary/aromatic N) is 2. The van der Waals surface area contributed by atoms with Gasteiger partial charge < -0.3 is 9.30 Å². The van der Waals surface area contributed by atoms with Crippen molar-refractivity contribution in [1.29, 1.82) is 0 Å². The highest BCUT2D eigenvalue weighted by Gasteiger charge is 2.19. The number of ether oxygens (including phenoxy) is 1. The molecular weight excluding hydrogens is 300 g/mol. The summed E-state index contributed by atoms with van der Waals surface area (Å²) in [6.07, 6.45) is 0.898. The highest BCUT2D eigenvalue weighted by Crippen LogP contribution is 2.23. The van der Waals surface area contributed by atoms with Crippen LogP contribution in [0.4, 0.5) is 5.69 Å². The molecule has 0 aliphatic rings. The summed E-state index contributed by atoms with van der Waals surface area (Å²) in [6.45, 7) is 3.04. The van der Waals surface area contributed by atoms with Crippen LogP contribution in [0.5, 0.6) is 0 Å². The molecule has 2 aromatic rings. The van der Waals surface area contributed by atoms with E-state index >= 15 is 0 Å². The lowest BCUT2D eigenvalue weighted by Crippen LogP contribution is -2.12. The minimum absolute atomic E-state index is 0.0665. The number of carbonyl (C=O) groups excluding carboxylic acids is 2. The van der Waals surface area contributed by atoms with Crippen LogP contribution >= 0.6 is 0 Å². The van der Waals surface area contributed by atoms with Crippen LogP contribution in [0.15, 0.2) is 36.5 Å². The van der Waals surface area contributed by atoms with Gasteiger partial charge in [-0.05, 0) is 25.5 Å². The van der Waals surface area contributed by atoms with Crippen LogP contribution in [0.2, 0.25) is 0 Å². The van der Waals surface area contributed by atoms with E-state index < -0.39 is 17.0 Å². The molecule has 0 saturated heterocycles. The third-order valence-corrected chi connectivity index (χ3v) is 3.45. The third-order valence-electron chi connectivity index (χ3n) is 3.45. The Hall–Kier alpha value is -2.96. The van der Waals surface area contributed by atoms with Gasteiger partial charge in [0.2, 0.25) is 0 Å². The molecule has 7 heteroatoms. The molecule has 0 unspecified atom stereocenters. The van der Waals surface area contributed by atoms with E-state index in [-0.39, 0.29) is 17.2 Å². The van der Waals surface area contributed by atoms with Crippen molar-refractivity contribution < 1.29 is 19.2 Å². The number of aromatic nitrogens is 1. The molecule has 0 spiro atoms. The van der Waals surface area contributed by atoms with Crippen molar-refractivity contribution in [3.8, 4) is 0 Å². The Kier molecular flexibility index (Phi) is 4.59. The standard InChI is InChI=1S/C16H16N2O5/c1-10(19)13-8-15(17(3)9-13)16(20)23-11(2)12-5-4-6-14(7-12)18(21)22/h4-9,11H,1-3H3/t11-/m0/s1. The van der Waals surface area contributed by atoms with E-state index in [9.17, 15) is 19.7 Å². The number of aryl methyl sites for hydroxylation is 1. The van der Waals surface area contributed by atoms with Crippen molar-refractivity contribution in [1.82, 2.24) is 4.57 Å². The van der Waals surface area contributed by atoms with E-state index in [2.05, 4.69) is 0 Å². The van der Waals surface area contributed by atoms with Gasteiger partial charge in [0.15, 0.2) is 5.78 Å². The van der Waals surface area contributed by atoms with Gasteiger partial charge in [0.25, 0.3) is 5.69 Å². The Morgan fingerprint density at radius 3 is 2.57 bits per heavy atom. The smallest absolute Gasteiger partial charge is 0.355 e. The first kappa shape index (κ1) is 16.4. The molecule has 7 nitrogen and oxygen atoms in total. The molecule has 0 bridgehead atoms. The van der Waals surface area contributed by atoms with E-state index in [1.54, 1.807) is 26.2 Å². The second kappa shape index (κ2) is 6.43. The van der Waals surface area contributed by atoms with Gasteiger partial charge in [0.05, 0.1) is 4.92 Å². The number of nitro groups is 1. The van der Waals surface area contributed by atoms with Gasteiger partial charge in [-0.3, -0.25) is 14.9 Å². The predicted molar refractivity (Wildman–Crippen MR) is 82.3 cm³/mol. The summed E-state index contributed by atoms with van der Waals surface area (Å²) in [7, 11) is 1.64. The number of non-ortho nitro benzene ring substituents is 1. The lowest BCUT2D eigenvalue weighted by atomic mass is 10.1. The van der Waals surface area contributed by atoms with E-state index in [0.29, 0.717) is 11.1 Å². The number of hydrogen-bond donors (Lipinski definition) is 0. The van der Waals surface area contributed by atoms with Gasteiger partial charge >= 0.3 is 5.97 Å². The van der Waals surface area contributed by atoms with E-state index in [4.69, 9.17) is 4.74 Å². The lowest BCUT2D eigenvalue weighted by Gasteiger charge is -2.13. The minimum atomic E-state index is -0.655. The Labute approximate surface area is 132 Å². The molecular formula is C16H16N2O5. The fraction of sp³-hybridized carbons (Fsp3) is 0.250. The zero-order valence-electron chi connectivity index (χ0n) is 13.0. The van der Waals surface area contributed by atoms with Crippen molar-refractivity contribution in [3.63, 3.8) is 0 Å². The summed E-state index contributed by atoms with van der Waals surface area (Å²) in [5.41, 5.74) is 1.12. The molecule has 1 aromatic heterocycles. The maximum atomic E-state index is 12.2. The average molecular weight is 316 g/mol. The maximum Gasteiger partial charge on any atom is 0.355 e. The van der Waals surface area contributed by atoms with Crippen molar-refractivity contribution in [3.05, 3.63) is 63.5 Å². The summed E-state index contributed by atoms with van der Waals surface area (Å²) < 4.78 is 6.85. The third kappa shape index (κ3) is 3.63. The summed E-state index contributed by atoms with van der Waals surface area (Å²) in [4.78, 5) is 33.9. The van der Waals surface area contributed by atoms with Gasteiger partial charge in [0.1, 0.15) is 11.8 Å². The maximum absolute atomic E-state index is 12.2. The van der Waals surface area contributed by atoms with Gasteiger partial charge in [-0.25, -0.2) is 4.79 Å². The number of benzene rings is 1. The SMILES string of the molecule is CC(=O)c1cc(C(=O)O[C@@H](C)c2cccc([N+](=O)[O-])c2)n(C)c1. The quantitative estimate of drug-likeness (QED) is 0.366. The van der Waals surface area contributed by atoms with Crippen molar-refractivity contribution in [2.24, 2.45) is 7.05 Å². The summed E-state index contributed by atoms with van der Waals surface area (Å²) in [6, 6.07) is 7.38. The predicted octanol–water partition coefficient (Wildman–Crippen LogP) is 3.05. The Morgan fingerprint density at radius 2 is 2.00 bits per heavy atom. The van der Waals surface area contributed by atoms with Crippen LogP contribution in [0.1, 0.15) is 46.4 Å². The Morgan fingerprint density at radius 1 is 1.30 bits per heavy atom. The van der Waals surface area contributed by atoms with Crippen molar-refractivity contribution in [2.45, 2.75) is 20.0 Å². The molecule has 0 saturated carbocycles. The largest absolute Gasteiger partial charge is 0.453 e. The van der Waals surface area contributed by atoms with Crippen LogP contribution in [-0.2, 0) is 11.8 Å². The zero-order chi connectivity index (χ0) is 17.1. The average Bonchev–Trinajstić information content (AvgIpc) is 2.89. The monoisotopic (exact) mass is 316 g/mol. The molecule has 0 amide bonds. The minimum Gasteiger partial charge on any atom is -0.453 e. The number of Topliss-reactive ketones (excluding diaryl/α,β-unsaturated/α-hetero) is 1. The van der Waals surface area contributed by atoms with E-state index in [0.717, 1.165) is 0 Å². The summed E-state index contributed by atoms with van der Waals surface area (Å²) in [5, 5.41) is 10.8. The zero-order valence-corrected chi connectivity index (χ0v) is 13.0. The van der Waals surface area contributed by atoms with Crippen LogP contribution in [-0.4, -0.2) is 21.2 Å². The normalized spacial score (nSPS) is 11.8. The van der Waals surface area contributed by atoms with Crippen LogP contribution in [0, 0.1) is 10.1 Å². The molecule has 0 fully saturated rings. The molecule has 0 radical (unpaired) electrons. The Balaban J connectivity index is 2.18. The molecule has 0 aliphatic heterocycles. The fourth-order valence-corrected chi connectivity index (χ4v) is 2.14. The van der Waals surface area contributed by atoms with Crippen LogP contribution in [0.3, 0.4) is 0 Å². The highest BCUT2D eigenvalue weighted by molar-refractivity contribution is 5.97. The number of esters is 1. The van der Waals surface area contributed by atoms with Gasteiger partial charge in [-0.2, -0.15) is 0 Å². The topological polar surface area (TPSA) is 91.4 Å². The van der Waals surface area contributed by atoms with Gasteiger partial charge in [0, 0.05) is 30.9 Å². The molecule has 120 valence electrons. The van der Waals surface area contributed by atoms with Crippen molar-refractivity contribution in [2.75, 3.05) is 0 Å². The number of hydrogen-bond acceptors (Lipinski definition) is 5. The second-order valence-corrected chi connectivity index (χ2v) is 5.18. The second-order valence-electron chi connectivity index (χ2n) is 5.18. The molecule has 23 heavy (non-hydrogen) atoms. The number of nitro benzene ring substituents is 1. The van der Waals surface area contributed by atoms with Crippen molar-refractivity contribution >= 4 is 17.4 Å². The summed E-state index contributed by atoms with van der Waals surface area (Å²) >= 11 is 0. The van der Waals surface area contributed by atoms with E-state index in [1.807, 2.05) is 0 Å². The Bertz CT molecular complexity index is 779. The molecule has 1 atom stereocenters. The first-order valence-electron chi connectivity index (χ1n) is 6.92. The fourth-order valence-electron chi connectivity index (χ4n) is 2.14. The molecule has 1 heterocycles. The molecule has 2 rings (SSSR count). The first-order chi connectivity index (χ1) is 10.8. The molecule has 0 aliphatic carbocycles. The first-order valence-corrected chi connectivity index (χ1v) is 6.92. The molecule has 1 aromatic carbocycles. The molecule has 0 N–H and O–H groups in total.